The molecule has 5 heteroatoms. The van der Waals surface area contributed by atoms with Crippen LogP contribution in [0.1, 0.15) is 17.1 Å². The lowest BCUT2D eigenvalue weighted by Gasteiger charge is -2.01. The summed E-state index contributed by atoms with van der Waals surface area (Å²) in [7, 11) is 0. The molecule has 0 saturated heterocycles. The van der Waals surface area contributed by atoms with Gasteiger partial charge in [-0.25, -0.2) is 4.98 Å². The van der Waals surface area contributed by atoms with Crippen molar-refractivity contribution < 1.29 is 0 Å². The van der Waals surface area contributed by atoms with E-state index in [1.807, 2.05) is 43.3 Å². The Kier molecular flexibility index (Phi) is 4.44. The molecule has 2 nitrogen and oxygen atoms in total. The number of imidazole rings is 1. The van der Waals surface area contributed by atoms with Crippen molar-refractivity contribution in [3.63, 3.8) is 0 Å². The van der Waals surface area contributed by atoms with Gasteiger partial charge in [0.15, 0.2) is 0 Å². The van der Waals surface area contributed by atoms with Crippen LogP contribution in [0.5, 0.6) is 0 Å². The largest absolute Gasteiger partial charge is 0.345 e. The molecule has 0 unspecified atom stereocenters. The smallest absolute Gasteiger partial charge is 0.111 e. The third kappa shape index (κ3) is 3.14. The predicted octanol–water partition coefficient (Wildman–Crippen LogP) is 5.94. The van der Waals surface area contributed by atoms with E-state index in [4.69, 9.17) is 34.8 Å². The van der Waals surface area contributed by atoms with E-state index in [0.29, 0.717) is 16.5 Å². The minimum atomic E-state index is 0.522. The Morgan fingerprint density at radius 3 is 2.45 bits per heavy atom. The maximum Gasteiger partial charge on any atom is 0.111 e. The van der Waals surface area contributed by atoms with Crippen LogP contribution < -0.4 is 0 Å². The van der Waals surface area contributed by atoms with Gasteiger partial charge in [0.25, 0.3) is 0 Å². The summed E-state index contributed by atoms with van der Waals surface area (Å²) in [5, 5.41) is 1.80. The van der Waals surface area contributed by atoms with E-state index in [1.54, 1.807) is 6.07 Å². The van der Waals surface area contributed by atoms with Crippen LogP contribution >= 0.6 is 34.8 Å². The zero-order chi connectivity index (χ0) is 15.7. The van der Waals surface area contributed by atoms with Crippen LogP contribution in [0.15, 0.2) is 42.5 Å². The maximum atomic E-state index is 6.20. The molecule has 1 N–H and O–H groups in total. The number of rotatable bonds is 3. The van der Waals surface area contributed by atoms with Crippen molar-refractivity contribution in [2.75, 3.05) is 0 Å². The van der Waals surface area contributed by atoms with E-state index in [1.165, 1.54) is 0 Å². The molecule has 22 heavy (non-hydrogen) atoms. The number of nitrogens with one attached hydrogen (secondary N) is 1. The number of nitrogens with zero attached hydrogens (tertiary/aromatic N) is 1. The van der Waals surface area contributed by atoms with Gasteiger partial charge in [0.05, 0.1) is 15.7 Å². The highest BCUT2D eigenvalue weighted by Crippen LogP contribution is 2.29. The van der Waals surface area contributed by atoms with Gasteiger partial charge < -0.3 is 4.98 Å². The molecule has 0 aliphatic rings. The van der Waals surface area contributed by atoms with E-state index < -0.39 is 0 Å². The van der Waals surface area contributed by atoms with E-state index in [2.05, 4.69) is 9.97 Å². The van der Waals surface area contributed by atoms with Crippen molar-refractivity contribution in [3.05, 3.63) is 74.6 Å². The third-order valence-corrected chi connectivity index (χ3v) is 4.55. The van der Waals surface area contributed by atoms with Gasteiger partial charge in [0.1, 0.15) is 5.82 Å². The second-order valence-corrected chi connectivity index (χ2v) is 6.28. The lowest BCUT2D eigenvalue weighted by atomic mass is 10.1. The Bertz CT molecular complexity index is 825. The topological polar surface area (TPSA) is 28.7 Å². The monoisotopic (exact) mass is 350 g/mol. The van der Waals surface area contributed by atoms with Crippen LogP contribution in [-0.4, -0.2) is 9.97 Å². The molecule has 0 fully saturated rings. The fourth-order valence-corrected chi connectivity index (χ4v) is 2.85. The Hall–Kier alpha value is -1.48. The van der Waals surface area contributed by atoms with Crippen LogP contribution in [0.4, 0.5) is 0 Å². The first kappa shape index (κ1) is 15.4. The Balaban J connectivity index is 1.94. The second-order valence-electron chi connectivity index (χ2n) is 5.05. The van der Waals surface area contributed by atoms with Crippen LogP contribution in [-0.2, 0) is 6.42 Å². The third-order valence-electron chi connectivity index (χ3n) is 3.44. The molecule has 112 valence electrons. The van der Waals surface area contributed by atoms with Crippen LogP contribution in [0.25, 0.3) is 11.3 Å². The Labute approximate surface area is 144 Å². The second kappa shape index (κ2) is 6.33. The molecule has 0 spiro atoms. The van der Waals surface area contributed by atoms with Gasteiger partial charge in [0.2, 0.25) is 0 Å². The number of hydrogen-bond donors (Lipinski definition) is 1. The molecule has 0 saturated carbocycles. The molecule has 0 amide bonds. The van der Waals surface area contributed by atoms with Crippen LogP contribution in [0.2, 0.25) is 15.1 Å². The molecule has 3 rings (SSSR count). The Morgan fingerprint density at radius 2 is 1.73 bits per heavy atom. The summed E-state index contributed by atoms with van der Waals surface area (Å²) in [5.41, 5.74) is 3.84. The minimum absolute atomic E-state index is 0.522. The van der Waals surface area contributed by atoms with Gasteiger partial charge in [-0.2, -0.15) is 0 Å². The zero-order valence-electron chi connectivity index (χ0n) is 11.8. The highest BCUT2D eigenvalue weighted by atomic mass is 35.5. The summed E-state index contributed by atoms with van der Waals surface area (Å²) in [6.45, 7) is 1.99. The highest BCUT2D eigenvalue weighted by Gasteiger charge is 2.12. The van der Waals surface area contributed by atoms with Gasteiger partial charge in [-0.15, -0.1) is 0 Å². The molecule has 0 atom stereocenters. The molecule has 0 bridgehead atoms. The van der Waals surface area contributed by atoms with Gasteiger partial charge >= 0.3 is 0 Å². The lowest BCUT2D eigenvalue weighted by Crippen LogP contribution is -1.91. The van der Waals surface area contributed by atoms with E-state index in [0.717, 1.165) is 33.4 Å². The molecule has 2 aromatic carbocycles. The number of halogens is 3. The number of hydrogen-bond acceptors (Lipinski definition) is 1. The first-order chi connectivity index (χ1) is 10.5. The average molecular weight is 352 g/mol. The Morgan fingerprint density at radius 1 is 0.955 bits per heavy atom. The summed E-state index contributed by atoms with van der Waals surface area (Å²) >= 11 is 18.3. The number of aromatic nitrogens is 2. The average Bonchev–Trinajstić information content (AvgIpc) is 2.85. The van der Waals surface area contributed by atoms with E-state index >= 15 is 0 Å². The molecule has 0 radical (unpaired) electrons. The quantitative estimate of drug-likeness (QED) is 0.622. The van der Waals surface area contributed by atoms with Crippen molar-refractivity contribution in [1.82, 2.24) is 9.97 Å². The normalized spacial score (nSPS) is 10.9. The number of aromatic amines is 1. The molecular formula is C17H13Cl3N2. The number of H-pyrrole nitrogens is 1. The fourth-order valence-electron chi connectivity index (χ4n) is 2.35. The van der Waals surface area contributed by atoms with Crippen LogP contribution in [0.3, 0.4) is 0 Å². The van der Waals surface area contributed by atoms with Gasteiger partial charge in [-0.1, -0.05) is 59.1 Å². The van der Waals surface area contributed by atoms with Crippen LogP contribution in [0, 0.1) is 6.92 Å². The van der Waals surface area contributed by atoms with Crippen molar-refractivity contribution in [2.24, 2.45) is 0 Å². The first-order valence-corrected chi connectivity index (χ1v) is 7.92. The van der Waals surface area contributed by atoms with E-state index in [9.17, 15) is 0 Å². The number of benzene rings is 2. The van der Waals surface area contributed by atoms with Crippen molar-refractivity contribution in [3.8, 4) is 11.3 Å². The fraction of sp³-hybridized carbons (Fsp3) is 0.118. The summed E-state index contributed by atoms with van der Waals surface area (Å²) in [4.78, 5) is 7.98. The zero-order valence-corrected chi connectivity index (χ0v) is 14.1. The molecule has 1 aromatic heterocycles. The molecule has 0 aliphatic carbocycles. The molecule has 3 aromatic rings. The van der Waals surface area contributed by atoms with Gasteiger partial charge in [0, 0.05) is 22.7 Å². The minimum Gasteiger partial charge on any atom is -0.345 e. The lowest BCUT2D eigenvalue weighted by molar-refractivity contribution is 1.02. The molecule has 1 heterocycles. The van der Waals surface area contributed by atoms with E-state index in [-0.39, 0.29) is 0 Å². The summed E-state index contributed by atoms with van der Waals surface area (Å²) in [6, 6.07) is 13.3. The molecule has 0 aliphatic heterocycles. The number of aryl methyl sites for hydroxylation is 1. The molecular weight excluding hydrogens is 339 g/mol. The summed E-state index contributed by atoms with van der Waals surface area (Å²) in [6.07, 6.45) is 0.655. The van der Waals surface area contributed by atoms with Crippen molar-refractivity contribution >= 4 is 34.8 Å². The first-order valence-electron chi connectivity index (χ1n) is 6.79. The standard InChI is InChI=1S/C17H13Cl3N2/c1-10-17(12-6-7-14(19)15(20)8-12)22-16(21-10)9-11-4-2-3-5-13(11)18/h2-8H,9H2,1H3,(H,21,22). The van der Waals surface area contributed by atoms with Crippen molar-refractivity contribution in [1.29, 1.82) is 0 Å². The maximum absolute atomic E-state index is 6.20. The van der Waals surface area contributed by atoms with Gasteiger partial charge in [-0.3, -0.25) is 0 Å². The predicted molar refractivity (Wildman–Crippen MR) is 93.0 cm³/mol. The summed E-state index contributed by atoms with van der Waals surface area (Å²) in [5.74, 6) is 0.867. The SMILES string of the molecule is Cc1[nH]c(Cc2ccccc2Cl)nc1-c1ccc(Cl)c(Cl)c1. The van der Waals surface area contributed by atoms with Gasteiger partial charge in [-0.05, 0) is 30.7 Å². The van der Waals surface area contributed by atoms with Crippen molar-refractivity contribution in [2.45, 2.75) is 13.3 Å². The highest BCUT2D eigenvalue weighted by molar-refractivity contribution is 6.42. The summed E-state index contributed by atoms with van der Waals surface area (Å²) < 4.78 is 0.